The van der Waals surface area contributed by atoms with Crippen molar-refractivity contribution in [1.29, 1.82) is 0 Å². The quantitative estimate of drug-likeness (QED) is 0.796. The van der Waals surface area contributed by atoms with Gasteiger partial charge in [-0.1, -0.05) is 6.07 Å². The highest BCUT2D eigenvalue weighted by Crippen LogP contribution is 2.16. The molecule has 0 bridgehead atoms. The molecule has 0 aliphatic carbocycles. The topological polar surface area (TPSA) is 42.2 Å². The summed E-state index contributed by atoms with van der Waals surface area (Å²) in [6.45, 7) is 2.30. The highest BCUT2D eigenvalue weighted by atomic mass is 79.9. The lowest BCUT2D eigenvalue weighted by molar-refractivity contribution is 0.619. The second-order valence-corrected chi connectivity index (χ2v) is 5.32. The zero-order valence-electron chi connectivity index (χ0n) is 10.8. The predicted molar refractivity (Wildman–Crippen MR) is 79.2 cm³/mol. The molecule has 4 nitrogen and oxygen atoms in total. The van der Waals surface area contributed by atoms with Crippen LogP contribution < -0.4 is 5.32 Å². The number of halogens is 2. The van der Waals surface area contributed by atoms with Crippen LogP contribution in [-0.4, -0.2) is 14.4 Å². The molecule has 0 atom stereocenters. The van der Waals surface area contributed by atoms with E-state index in [1.54, 1.807) is 25.4 Å². The van der Waals surface area contributed by atoms with Crippen LogP contribution in [0.4, 0.5) is 10.1 Å². The Morgan fingerprint density at radius 3 is 2.95 bits per heavy atom. The van der Waals surface area contributed by atoms with Gasteiger partial charge in [0.25, 0.3) is 0 Å². The van der Waals surface area contributed by atoms with Crippen LogP contribution in [0.15, 0.2) is 41.4 Å². The summed E-state index contributed by atoms with van der Waals surface area (Å²) in [6.07, 6.45) is 5.33. The maximum atomic E-state index is 13.5. The maximum Gasteiger partial charge on any atom is 0.155 e. The average molecular weight is 335 g/mol. The average Bonchev–Trinajstić information content (AvgIpc) is 2.82. The summed E-state index contributed by atoms with van der Waals surface area (Å²) < 4.78 is 16.2. The van der Waals surface area contributed by atoms with Gasteiger partial charge in [0.05, 0.1) is 24.6 Å². The summed E-state index contributed by atoms with van der Waals surface area (Å²) in [4.78, 5) is 8.39. The van der Waals surface area contributed by atoms with Crippen LogP contribution in [0, 0.1) is 12.7 Å². The Labute approximate surface area is 123 Å². The van der Waals surface area contributed by atoms with Gasteiger partial charge in [-0.15, -0.1) is 0 Å². The zero-order chi connectivity index (χ0) is 14.1. The molecule has 0 radical (unpaired) electrons. The van der Waals surface area contributed by atoms with Crippen molar-refractivity contribution in [3.63, 3.8) is 0 Å². The van der Waals surface area contributed by atoms with E-state index in [0.717, 1.165) is 21.6 Å². The molecule has 1 N–H and O–H groups in total. The number of hydrogen-bond donors (Lipinski definition) is 1. The number of nitrogens with one attached hydrogen (secondary N) is 1. The molecule has 0 aliphatic heterocycles. The molecule has 1 aromatic carbocycles. The number of aromatic nitrogens is 3. The normalized spacial score (nSPS) is 10.9. The van der Waals surface area contributed by atoms with Crippen molar-refractivity contribution in [2.24, 2.45) is 0 Å². The smallest absolute Gasteiger partial charge is 0.155 e. The fraction of sp³-hybridized carbons (Fsp3) is 0.143. The van der Waals surface area contributed by atoms with Gasteiger partial charge >= 0.3 is 0 Å². The molecule has 102 valence electrons. The molecule has 2 heterocycles. The van der Waals surface area contributed by atoms with E-state index in [4.69, 9.17) is 0 Å². The van der Waals surface area contributed by atoms with E-state index in [9.17, 15) is 4.39 Å². The Balaban J connectivity index is 1.83. The fourth-order valence-electron chi connectivity index (χ4n) is 1.94. The molecule has 6 heteroatoms. The number of nitrogens with zero attached hydrogens (tertiary/aromatic N) is 3. The van der Waals surface area contributed by atoms with E-state index in [0.29, 0.717) is 12.1 Å². The maximum absolute atomic E-state index is 13.5. The Morgan fingerprint density at radius 1 is 1.30 bits per heavy atom. The monoisotopic (exact) mass is 334 g/mol. The zero-order valence-corrected chi connectivity index (χ0v) is 12.4. The lowest BCUT2D eigenvalue weighted by Crippen LogP contribution is -2.03. The molecule has 0 saturated carbocycles. The van der Waals surface area contributed by atoms with Gasteiger partial charge in [0.15, 0.2) is 5.65 Å². The largest absolute Gasteiger partial charge is 0.379 e. The van der Waals surface area contributed by atoms with E-state index < -0.39 is 0 Å². The van der Waals surface area contributed by atoms with Crippen molar-refractivity contribution in [1.82, 2.24) is 14.4 Å². The summed E-state index contributed by atoms with van der Waals surface area (Å²) >= 11 is 3.34. The van der Waals surface area contributed by atoms with E-state index in [1.807, 2.05) is 16.7 Å². The van der Waals surface area contributed by atoms with Gasteiger partial charge in [-0.05, 0) is 40.5 Å². The Kier molecular flexibility index (Phi) is 3.40. The number of fused-ring (bicyclic) bond motifs is 1. The Hall–Kier alpha value is -1.95. The van der Waals surface area contributed by atoms with Crippen molar-refractivity contribution in [3.05, 3.63) is 58.5 Å². The molecular formula is C14H12BrFN4. The Morgan fingerprint density at radius 2 is 2.15 bits per heavy atom. The third-order valence-electron chi connectivity index (χ3n) is 3.09. The summed E-state index contributed by atoms with van der Waals surface area (Å²) in [7, 11) is 0. The minimum atomic E-state index is -0.208. The molecule has 0 spiro atoms. The van der Waals surface area contributed by atoms with Gasteiger partial charge in [0.2, 0.25) is 0 Å². The molecule has 2 aromatic heterocycles. The predicted octanol–water partition coefficient (Wildman–Crippen LogP) is 3.55. The van der Waals surface area contributed by atoms with Crippen LogP contribution in [0.25, 0.3) is 5.65 Å². The third kappa shape index (κ3) is 2.51. The second kappa shape index (κ2) is 5.20. The molecule has 0 aliphatic rings. The molecule has 0 unspecified atom stereocenters. The van der Waals surface area contributed by atoms with Crippen LogP contribution in [0.5, 0.6) is 0 Å². The Bertz CT molecular complexity index is 769. The van der Waals surface area contributed by atoms with Crippen molar-refractivity contribution in [2.45, 2.75) is 13.5 Å². The first kappa shape index (κ1) is 13.1. The SMILES string of the molecule is Cc1ccc(NCc2cnc3cnc(Br)cn23)cc1F. The summed E-state index contributed by atoms with van der Waals surface area (Å²) in [6, 6.07) is 5.11. The standard InChI is InChI=1S/C14H12BrFN4/c1-9-2-3-10(4-12(9)16)17-5-11-6-19-14-7-18-13(15)8-20(11)14/h2-4,6-8,17H,5H2,1H3. The van der Waals surface area contributed by atoms with Crippen molar-refractivity contribution < 1.29 is 4.39 Å². The molecule has 0 fully saturated rings. The summed E-state index contributed by atoms with van der Waals surface area (Å²) in [5, 5.41) is 3.19. The van der Waals surface area contributed by atoms with E-state index in [-0.39, 0.29) is 5.82 Å². The van der Waals surface area contributed by atoms with Crippen LogP contribution in [-0.2, 0) is 6.54 Å². The summed E-state index contributed by atoms with van der Waals surface area (Å²) in [5.74, 6) is -0.208. The van der Waals surface area contributed by atoms with Gasteiger partial charge in [0.1, 0.15) is 10.4 Å². The van der Waals surface area contributed by atoms with Gasteiger partial charge in [-0.2, -0.15) is 0 Å². The number of aryl methyl sites for hydroxylation is 1. The molecule has 20 heavy (non-hydrogen) atoms. The van der Waals surface area contributed by atoms with Gasteiger partial charge in [0, 0.05) is 11.9 Å². The molecule has 3 aromatic rings. The first-order valence-electron chi connectivity index (χ1n) is 6.11. The highest BCUT2D eigenvalue weighted by Gasteiger charge is 2.05. The lowest BCUT2D eigenvalue weighted by atomic mass is 10.2. The summed E-state index contributed by atoms with van der Waals surface area (Å²) in [5.41, 5.74) is 3.14. The van der Waals surface area contributed by atoms with Crippen LogP contribution in [0.1, 0.15) is 11.3 Å². The molecule has 3 rings (SSSR count). The van der Waals surface area contributed by atoms with Crippen LogP contribution >= 0.6 is 15.9 Å². The van der Waals surface area contributed by atoms with Gasteiger partial charge < -0.3 is 5.32 Å². The minimum Gasteiger partial charge on any atom is -0.379 e. The lowest BCUT2D eigenvalue weighted by Gasteiger charge is -2.07. The van der Waals surface area contributed by atoms with E-state index >= 15 is 0 Å². The molecule has 0 amide bonds. The fourth-order valence-corrected chi connectivity index (χ4v) is 2.25. The second-order valence-electron chi connectivity index (χ2n) is 4.51. The highest BCUT2D eigenvalue weighted by molar-refractivity contribution is 9.10. The van der Waals surface area contributed by atoms with E-state index in [2.05, 4.69) is 31.2 Å². The van der Waals surface area contributed by atoms with Crippen molar-refractivity contribution in [2.75, 3.05) is 5.32 Å². The first-order valence-corrected chi connectivity index (χ1v) is 6.90. The number of rotatable bonds is 3. The van der Waals surface area contributed by atoms with Crippen molar-refractivity contribution >= 4 is 27.3 Å². The number of anilines is 1. The van der Waals surface area contributed by atoms with Gasteiger partial charge in [-0.3, -0.25) is 4.40 Å². The van der Waals surface area contributed by atoms with Crippen LogP contribution in [0.3, 0.4) is 0 Å². The number of benzene rings is 1. The van der Waals surface area contributed by atoms with E-state index in [1.165, 1.54) is 6.07 Å². The minimum absolute atomic E-state index is 0.208. The number of hydrogen-bond acceptors (Lipinski definition) is 3. The first-order chi connectivity index (χ1) is 9.63. The molecular weight excluding hydrogens is 323 g/mol. The van der Waals surface area contributed by atoms with Gasteiger partial charge in [-0.25, -0.2) is 14.4 Å². The van der Waals surface area contributed by atoms with Crippen LogP contribution in [0.2, 0.25) is 0 Å². The molecule has 0 saturated heterocycles. The van der Waals surface area contributed by atoms with Crippen molar-refractivity contribution in [3.8, 4) is 0 Å². The third-order valence-corrected chi connectivity index (χ3v) is 3.50. The number of imidazole rings is 1.